The maximum absolute atomic E-state index is 13.3. The fraction of sp³-hybridized carbons (Fsp3) is 0.192. The Hall–Kier alpha value is -4.33. The fourth-order valence-corrected chi connectivity index (χ4v) is 4.25. The minimum atomic E-state index is -0.954. The van der Waals surface area contributed by atoms with E-state index in [9.17, 15) is 14.7 Å². The van der Waals surface area contributed by atoms with Crippen molar-refractivity contribution in [2.75, 3.05) is 4.90 Å². The van der Waals surface area contributed by atoms with Gasteiger partial charge in [-0.3, -0.25) is 9.69 Å². The molecule has 4 aromatic rings. The van der Waals surface area contributed by atoms with E-state index in [0.717, 1.165) is 16.7 Å². The van der Waals surface area contributed by atoms with Crippen molar-refractivity contribution in [1.29, 1.82) is 0 Å². The lowest BCUT2D eigenvalue weighted by Crippen LogP contribution is -2.24. The van der Waals surface area contributed by atoms with Crippen LogP contribution in [0.2, 0.25) is 0 Å². The van der Waals surface area contributed by atoms with Crippen LogP contribution in [0, 0.1) is 6.92 Å². The molecule has 0 fully saturated rings. The van der Waals surface area contributed by atoms with E-state index >= 15 is 0 Å². The Balaban J connectivity index is 1.46. The molecule has 5 rings (SSSR count). The molecule has 1 aliphatic heterocycles. The Morgan fingerprint density at radius 3 is 2.56 bits per heavy atom. The number of amides is 1. The highest BCUT2D eigenvalue weighted by molar-refractivity contribution is 6.10. The average Bonchev–Trinajstić information content (AvgIpc) is 3.44. The number of fused-ring (bicyclic) bond motifs is 1. The number of carboxylic acid groups (broad SMARTS) is 1. The molecule has 0 saturated carbocycles. The summed E-state index contributed by atoms with van der Waals surface area (Å²) in [5.74, 6) is 0.139. The van der Waals surface area contributed by atoms with Crippen molar-refractivity contribution in [3.8, 4) is 22.6 Å². The van der Waals surface area contributed by atoms with Crippen molar-refractivity contribution in [1.82, 2.24) is 19.7 Å². The van der Waals surface area contributed by atoms with Gasteiger partial charge in [-0.25, -0.2) is 9.78 Å². The molecule has 1 N–H and O–H groups in total. The van der Waals surface area contributed by atoms with Gasteiger partial charge in [-0.1, -0.05) is 30.3 Å². The fourth-order valence-electron chi connectivity index (χ4n) is 4.25. The molecule has 0 aliphatic carbocycles. The second kappa shape index (κ2) is 8.22. The van der Waals surface area contributed by atoms with Crippen molar-refractivity contribution in [2.24, 2.45) is 0 Å². The molecule has 1 amide bonds. The molecule has 8 nitrogen and oxygen atoms in total. The van der Waals surface area contributed by atoms with Gasteiger partial charge in [0.15, 0.2) is 5.82 Å². The van der Waals surface area contributed by atoms with E-state index in [2.05, 4.69) is 10.2 Å². The Kier molecular flexibility index (Phi) is 5.20. The summed E-state index contributed by atoms with van der Waals surface area (Å²) in [6.07, 6.45) is 1.68. The van der Waals surface area contributed by atoms with Crippen LogP contribution in [0.25, 0.3) is 22.6 Å². The third kappa shape index (κ3) is 3.63. The molecule has 34 heavy (non-hydrogen) atoms. The summed E-state index contributed by atoms with van der Waals surface area (Å²) < 4.78 is 1.94. The Morgan fingerprint density at radius 1 is 1.06 bits per heavy atom. The van der Waals surface area contributed by atoms with E-state index in [4.69, 9.17) is 4.98 Å². The van der Waals surface area contributed by atoms with Crippen molar-refractivity contribution in [2.45, 2.75) is 33.4 Å². The first-order chi connectivity index (χ1) is 16.3. The maximum Gasteiger partial charge on any atom is 0.335 e. The van der Waals surface area contributed by atoms with Crippen LogP contribution >= 0.6 is 0 Å². The summed E-state index contributed by atoms with van der Waals surface area (Å²) in [5, 5.41) is 17.5. The standard InChI is InChI=1S/C26H23N5O3/c1-15(2)31-14-27-29-24(31)22-5-4-6-23(28-22)30-13-19-8-7-18(12-21(19)25(30)32)17-9-10-20(26(33)34)16(3)11-17/h4-12,14-15H,13H2,1-3H3,(H,33,34). The van der Waals surface area contributed by atoms with Crippen LogP contribution in [0.15, 0.2) is 60.9 Å². The van der Waals surface area contributed by atoms with E-state index in [-0.39, 0.29) is 17.5 Å². The van der Waals surface area contributed by atoms with Crippen molar-refractivity contribution in [3.63, 3.8) is 0 Å². The minimum Gasteiger partial charge on any atom is -0.478 e. The molecule has 3 heterocycles. The summed E-state index contributed by atoms with van der Waals surface area (Å²) in [7, 11) is 0. The van der Waals surface area contributed by atoms with Gasteiger partial charge >= 0.3 is 5.97 Å². The van der Waals surface area contributed by atoms with Gasteiger partial charge in [0.2, 0.25) is 0 Å². The number of hydrogen-bond donors (Lipinski definition) is 1. The second-order valence-corrected chi connectivity index (χ2v) is 8.63. The molecular weight excluding hydrogens is 430 g/mol. The summed E-state index contributed by atoms with van der Waals surface area (Å²) >= 11 is 0. The number of aromatic nitrogens is 4. The van der Waals surface area contributed by atoms with Crippen molar-refractivity contribution in [3.05, 3.63) is 83.2 Å². The lowest BCUT2D eigenvalue weighted by Gasteiger charge is -2.16. The maximum atomic E-state index is 13.3. The Morgan fingerprint density at radius 2 is 1.82 bits per heavy atom. The van der Waals surface area contributed by atoms with Crippen LogP contribution in [0.1, 0.15) is 51.7 Å². The molecule has 2 aromatic heterocycles. The molecule has 1 aliphatic rings. The van der Waals surface area contributed by atoms with E-state index < -0.39 is 5.97 Å². The zero-order valence-electron chi connectivity index (χ0n) is 19.1. The molecule has 0 radical (unpaired) electrons. The van der Waals surface area contributed by atoms with Gasteiger partial charge in [0, 0.05) is 11.6 Å². The quantitative estimate of drug-likeness (QED) is 0.468. The van der Waals surface area contributed by atoms with Gasteiger partial charge in [-0.2, -0.15) is 0 Å². The highest BCUT2D eigenvalue weighted by Gasteiger charge is 2.30. The number of nitrogens with zero attached hydrogens (tertiary/aromatic N) is 5. The molecule has 2 aromatic carbocycles. The summed E-state index contributed by atoms with van der Waals surface area (Å²) in [5.41, 5.74) is 4.87. The first-order valence-corrected chi connectivity index (χ1v) is 11.0. The molecule has 0 spiro atoms. The van der Waals surface area contributed by atoms with Crippen LogP contribution in [0.5, 0.6) is 0 Å². The van der Waals surface area contributed by atoms with E-state index in [1.165, 1.54) is 0 Å². The van der Waals surface area contributed by atoms with Gasteiger partial charge < -0.3 is 9.67 Å². The lowest BCUT2D eigenvalue weighted by atomic mass is 9.97. The third-order valence-corrected chi connectivity index (χ3v) is 6.07. The molecule has 0 bridgehead atoms. The second-order valence-electron chi connectivity index (χ2n) is 8.63. The number of pyridine rings is 1. The van der Waals surface area contributed by atoms with E-state index in [1.807, 2.05) is 60.9 Å². The van der Waals surface area contributed by atoms with Crippen LogP contribution in [0.4, 0.5) is 5.82 Å². The van der Waals surface area contributed by atoms with Crippen LogP contribution in [0.3, 0.4) is 0 Å². The highest BCUT2D eigenvalue weighted by Crippen LogP contribution is 2.32. The normalized spacial score (nSPS) is 12.9. The largest absolute Gasteiger partial charge is 0.478 e. The number of anilines is 1. The molecule has 170 valence electrons. The first kappa shape index (κ1) is 21.5. The molecule has 0 unspecified atom stereocenters. The zero-order valence-corrected chi connectivity index (χ0v) is 19.1. The number of benzene rings is 2. The number of carbonyl (C=O) groups excluding carboxylic acids is 1. The van der Waals surface area contributed by atoms with E-state index in [0.29, 0.717) is 35.0 Å². The van der Waals surface area contributed by atoms with Crippen LogP contribution in [-0.2, 0) is 6.54 Å². The number of hydrogen-bond acceptors (Lipinski definition) is 5. The molecular formula is C26H23N5O3. The number of carbonyl (C=O) groups is 2. The van der Waals surface area contributed by atoms with Crippen LogP contribution in [-0.4, -0.2) is 36.7 Å². The minimum absolute atomic E-state index is 0.120. The zero-order chi connectivity index (χ0) is 24.0. The van der Waals surface area contributed by atoms with Crippen molar-refractivity contribution >= 4 is 17.7 Å². The lowest BCUT2D eigenvalue weighted by molar-refractivity contribution is 0.0696. The predicted octanol–water partition coefficient (Wildman–Crippen LogP) is 4.76. The summed E-state index contributed by atoms with van der Waals surface area (Å²) in [6.45, 7) is 6.29. The Labute approximate surface area is 196 Å². The number of aromatic carboxylic acids is 1. The SMILES string of the molecule is Cc1cc(-c2ccc3c(c2)C(=O)N(c2cccc(-c4nncn4C(C)C)n2)C3)ccc1C(=O)O. The third-order valence-electron chi connectivity index (χ3n) is 6.07. The Bertz CT molecular complexity index is 1440. The van der Waals surface area contributed by atoms with Crippen LogP contribution < -0.4 is 4.90 Å². The summed E-state index contributed by atoms with van der Waals surface area (Å²) in [6, 6.07) is 16.7. The number of rotatable bonds is 5. The van der Waals surface area contributed by atoms with E-state index in [1.54, 1.807) is 30.3 Å². The molecule has 0 atom stereocenters. The molecule has 8 heteroatoms. The first-order valence-electron chi connectivity index (χ1n) is 11.0. The van der Waals surface area contributed by atoms with Gasteiger partial charge in [-0.05, 0) is 67.3 Å². The van der Waals surface area contributed by atoms with Gasteiger partial charge in [0.25, 0.3) is 5.91 Å². The number of aryl methyl sites for hydroxylation is 1. The van der Waals surface area contributed by atoms with Gasteiger partial charge in [-0.15, -0.1) is 10.2 Å². The van der Waals surface area contributed by atoms with Gasteiger partial charge in [0.1, 0.15) is 17.8 Å². The smallest absolute Gasteiger partial charge is 0.335 e. The highest BCUT2D eigenvalue weighted by atomic mass is 16.4. The summed E-state index contributed by atoms with van der Waals surface area (Å²) in [4.78, 5) is 31.0. The average molecular weight is 454 g/mol. The topological polar surface area (TPSA) is 101 Å². The number of carboxylic acids is 1. The monoisotopic (exact) mass is 453 g/mol. The van der Waals surface area contributed by atoms with Crippen molar-refractivity contribution < 1.29 is 14.7 Å². The van der Waals surface area contributed by atoms with Gasteiger partial charge in [0.05, 0.1) is 12.1 Å². The predicted molar refractivity (Wildman–Crippen MR) is 128 cm³/mol. The molecule has 0 saturated heterocycles.